The molecule has 2 rings (SSSR count). The molecule has 0 aromatic carbocycles. The lowest BCUT2D eigenvalue weighted by Crippen LogP contribution is -2.27. The molecule has 0 saturated carbocycles. The Morgan fingerprint density at radius 2 is 2.24 bits per heavy atom. The number of nitrogens with zero attached hydrogens (tertiary/aromatic N) is 2. The first-order valence-electron chi connectivity index (χ1n) is 5.43. The van der Waals surface area contributed by atoms with Crippen LogP contribution in [0.1, 0.15) is 18.7 Å². The molecule has 2 heterocycles. The minimum absolute atomic E-state index is 0.0699. The fourth-order valence-corrected chi connectivity index (χ4v) is 2.38. The zero-order chi connectivity index (χ0) is 12.3. The summed E-state index contributed by atoms with van der Waals surface area (Å²) in [5.74, 6) is 1.15. The van der Waals surface area contributed by atoms with Crippen molar-refractivity contribution >= 4 is 23.0 Å². The molecule has 3 N–H and O–H groups in total. The molecule has 17 heavy (non-hydrogen) atoms. The lowest BCUT2D eigenvalue weighted by Gasteiger charge is -2.23. The molecule has 90 valence electrons. The van der Waals surface area contributed by atoms with Gasteiger partial charge in [-0.3, -0.25) is 4.98 Å². The van der Waals surface area contributed by atoms with Crippen LogP contribution in [0.5, 0.6) is 0 Å². The molecule has 0 bridgehead atoms. The number of nitrogens with one attached hydrogen (secondary N) is 1. The zero-order valence-electron chi connectivity index (χ0n) is 9.97. The van der Waals surface area contributed by atoms with Crippen molar-refractivity contribution in [3.05, 3.63) is 34.8 Å². The third kappa shape index (κ3) is 2.94. The molecule has 0 aliphatic carbocycles. The van der Waals surface area contributed by atoms with Crippen molar-refractivity contribution in [2.75, 3.05) is 17.6 Å². The summed E-state index contributed by atoms with van der Waals surface area (Å²) in [4.78, 5) is 9.51. The third-order valence-corrected chi connectivity index (χ3v) is 3.79. The van der Waals surface area contributed by atoms with E-state index in [1.165, 1.54) is 11.1 Å². The summed E-state index contributed by atoms with van der Waals surface area (Å²) in [5.41, 5.74) is 5.65. The average molecular weight is 248 g/mol. The van der Waals surface area contributed by atoms with E-state index >= 15 is 0 Å². The highest BCUT2D eigenvalue weighted by Gasteiger charge is 2.21. The third-order valence-electron chi connectivity index (χ3n) is 2.55. The Kier molecular flexibility index (Phi) is 3.28. The van der Waals surface area contributed by atoms with Crippen LogP contribution in [-0.4, -0.2) is 16.5 Å². The van der Waals surface area contributed by atoms with Gasteiger partial charge in [0, 0.05) is 16.8 Å². The molecule has 0 unspecified atom stereocenters. The molecular formula is C12H16N4S. The van der Waals surface area contributed by atoms with Crippen LogP contribution in [-0.2, 0) is 5.41 Å². The van der Waals surface area contributed by atoms with Gasteiger partial charge >= 0.3 is 0 Å². The molecule has 0 amide bonds. The van der Waals surface area contributed by atoms with E-state index < -0.39 is 0 Å². The standard InChI is InChI=1S/C12H16N4S/c1-12(2,9-4-3-5-17-9)8-15-11-7-14-6-10(13)16-11/h3-7H,8H2,1-2H3,(H3,13,15,16). The van der Waals surface area contributed by atoms with Crippen molar-refractivity contribution in [2.45, 2.75) is 19.3 Å². The van der Waals surface area contributed by atoms with Crippen LogP contribution >= 0.6 is 11.3 Å². The smallest absolute Gasteiger partial charge is 0.146 e. The maximum Gasteiger partial charge on any atom is 0.146 e. The molecule has 0 fully saturated rings. The highest BCUT2D eigenvalue weighted by Crippen LogP contribution is 2.27. The summed E-state index contributed by atoms with van der Waals surface area (Å²) < 4.78 is 0. The largest absolute Gasteiger partial charge is 0.382 e. The Balaban J connectivity index is 2.03. The number of nitrogen functional groups attached to an aromatic ring is 1. The summed E-state index contributed by atoms with van der Waals surface area (Å²) >= 11 is 1.77. The highest BCUT2D eigenvalue weighted by atomic mass is 32.1. The average Bonchev–Trinajstić information content (AvgIpc) is 2.81. The predicted molar refractivity (Wildman–Crippen MR) is 72.3 cm³/mol. The first kappa shape index (κ1) is 11.9. The van der Waals surface area contributed by atoms with Gasteiger partial charge in [0.2, 0.25) is 0 Å². The van der Waals surface area contributed by atoms with E-state index in [0.29, 0.717) is 5.82 Å². The monoisotopic (exact) mass is 248 g/mol. The van der Waals surface area contributed by atoms with Crippen LogP contribution < -0.4 is 11.1 Å². The van der Waals surface area contributed by atoms with Crippen LogP contribution in [0, 0.1) is 0 Å². The van der Waals surface area contributed by atoms with Gasteiger partial charge in [-0.1, -0.05) is 19.9 Å². The summed E-state index contributed by atoms with van der Waals surface area (Å²) in [7, 11) is 0. The molecule has 0 radical (unpaired) electrons. The van der Waals surface area contributed by atoms with Crippen molar-refractivity contribution in [1.82, 2.24) is 9.97 Å². The van der Waals surface area contributed by atoms with Gasteiger partial charge in [0.15, 0.2) is 0 Å². The highest BCUT2D eigenvalue weighted by molar-refractivity contribution is 7.10. The minimum Gasteiger partial charge on any atom is -0.382 e. The quantitative estimate of drug-likeness (QED) is 0.872. The van der Waals surface area contributed by atoms with Gasteiger partial charge in [-0.15, -0.1) is 11.3 Å². The number of hydrogen-bond acceptors (Lipinski definition) is 5. The number of aromatic nitrogens is 2. The fourth-order valence-electron chi connectivity index (χ4n) is 1.53. The molecule has 0 spiro atoms. The van der Waals surface area contributed by atoms with Crippen LogP contribution in [0.25, 0.3) is 0 Å². The van der Waals surface area contributed by atoms with Gasteiger partial charge in [-0.25, -0.2) is 4.98 Å². The van der Waals surface area contributed by atoms with Crippen molar-refractivity contribution in [2.24, 2.45) is 0 Å². The first-order valence-corrected chi connectivity index (χ1v) is 6.31. The summed E-state index contributed by atoms with van der Waals surface area (Å²) in [6.07, 6.45) is 3.22. The number of nitrogens with two attached hydrogens (primary N) is 1. The van der Waals surface area contributed by atoms with Crippen molar-refractivity contribution < 1.29 is 0 Å². The molecule has 2 aromatic heterocycles. The second kappa shape index (κ2) is 4.71. The van der Waals surface area contributed by atoms with E-state index in [9.17, 15) is 0 Å². The van der Waals surface area contributed by atoms with Gasteiger partial charge in [0.25, 0.3) is 0 Å². The van der Waals surface area contributed by atoms with Crippen molar-refractivity contribution in [3.63, 3.8) is 0 Å². The molecule has 5 heteroatoms. The van der Waals surface area contributed by atoms with E-state index in [2.05, 4.69) is 46.6 Å². The van der Waals surface area contributed by atoms with E-state index in [4.69, 9.17) is 5.73 Å². The summed E-state index contributed by atoms with van der Waals surface area (Å²) in [6, 6.07) is 4.22. The Morgan fingerprint density at radius 3 is 2.88 bits per heavy atom. The number of rotatable bonds is 4. The van der Waals surface area contributed by atoms with Gasteiger partial charge in [0.05, 0.1) is 12.4 Å². The summed E-state index contributed by atoms with van der Waals surface area (Å²) in [5, 5.41) is 5.36. The van der Waals surface area contributed by atoms with Gasteiger partial charge in [-0.2, -0.15) is 0 Å². The van der Waals surface area contributed by atoms with Gasteiger partial charge in [0.1, 0.15) is 11.6 Å². The number of thiophene rings is 1. The van der Waals surface area contributed by atoms with Crippen LogP contribution in [0.2, 0.25) is 0 Å². The zero-order valence-corrected chi connectivity index (χ0v) is 10.8. The van der Waals surface area contributed by atoms with E-state index in [1.54, 1.807) is 17.5 Å². The molecule has 4 nitrogen and oxygen atoms in total. The van der Waals surface area contributed by atoms with E-state index in [0.717, 1.165) is 12.4 Å². The lowest BCUT2D eigenvalue weighted by atomic mass is 9.91. The second-order valence-corrected chi connectivity index (χ2v) is 5.49. The molecular weight excluding hydrogens is 232 g/mol. The molecule has 0 aliphatic heterocycles. The fraction of sp³-hybridized carbons (Fsp3) is 0.333. The Labute approximate surface area is 105 Å². The van der Waals surface area contributed by atoms with E-state index in [-0.39, 0.29) is 5.41 Å². The molecule has 0 aliphatic rings. The minimum atomic E-state index is 0.0699. The topological polar surface area (TPSA) is 63.8 Å². The second-order valence-electron chi connectivity index (χ2n) is 4.54. The predicted octanol–water partition coefficient (Wildman–Crippen LogP) is 2.51. The molecule has 0 atom stereocenters. The maximum atomic E-state index is 5.58. The first-order chi connectivity index (χ1) is 8.08. The SMILES string of the molecule is CC(C)(CNc1cncc(N)n1)c1cccs1. The Morgan fingerprint density at radius 1 is 1.41 bits per heavy atom. The maximum absolute atomic E-state index is 5.58. The van der Waals surface area contributed by atoms with E-state index in [1.807, 2.05) is 0 Å². The number of hydrogen-bond donors (Lipinski definition) is 2. The Hall–Kier alpha value is -1.62. The van der Waals surface area contributed by atoms with Gasteiger partial charge in [-0.05, 0) is 11.4 Å². The van der Waals surface area contributed by atoms with Crippen LogP contribution in [0.3, 0.4) is 0 Å². The molecule has 0 saturated heterocycles. The van der Waals surface area contributed by atoms with Crippen molar-refractivity contribution in [1.29, 1.82) is 0 Å². The Bertz CT molecular complexity index is 479. The van der Waals surface area contributed by atoms with Crippen molar-refractivity contribution in [3.8, 4) is 0 Å². The molecule has 2 aromatic rings. The van der Waals surface area contributed by atoms with Crippen LogP contribution in [0.4, 0.5) is 11.6 Å². The number of anilines is 2. The summed E-state index contributed by atoms with van der Waals surface area (Å²) in [6.45, 7) is 5.20. The van der Waals surface area contributed by atoms with Crippen LogP contribution in [0.15, 0.2) is 29.9 Å². The normalized spacial score (nSPS) is 11.4. The van der Waals surface area contributed by atoms with Gasteiger partial charge < -0.3 is 11.1 Å². The lowest BCUT2D eigenvalue weighted by molar-refractivity contribution is 0.568.